The summed E-state index contributed by atoms with van der Waals surface area (Å²) in [5, 5.41) is 6.34. The van der Waals surface area contributed by atoms with Crippen LogP contribution in [0.25, 0.3) is 0 Å². The Morgan fingerprint density at radius 2 is 2.00 bits per heavy atom. The van der Waals surface area contributed by atoms with Gasteiger partial charge in [-0.2, -0.15) is 0 Å². The zero-order valence-corrected chi connectivity index (χ0v) is 17.9. The summed E-state index contributed by atoms with van der Waals surface area (Å²) in [6.07, 6.45) is 0. The topological polar surface area (TPSA) is 111 Å². The summed E-state index contributed by atoms with van der Waals surface area (Å²) in [7, 11) is 1.60. The normalized spacial score (nSPS) is 10.7. The lowest BCUT2D eigenvalue weighted by atomic mass is 10.2. The van der Waals surface area contributed by atoms with Crippen LogP contribution in [-0.2, 0) is 6.54 Å². The van der Waals surface area contributed by atoms with Crippen molar-refractivity contribution < 1.29 is 18.7 Å². The van der Waals surface area contributed by atoms with Crippen LogP contribution in [-0.4, -0.2) is 32.1 Å². The molecule has 2 aromatic rings. The first kappa shape index (κ1) is 22.6. The van der Waals surface area contributed by atoms with E-state index >= 15 is 0 Å². The predicted molar refractivity (Wildman–Crippen MR) is 115 cm³/mol. The molecule has 0 aliphatic rings. The third kappa shape index (κ3) is 6.66. The Labute approximate surface area is 175 Å². The highest BCUT2D eigenvalue weighted by atomic mass is 127. The SMILES string of the molecule is CCNC(=NCc1ccc(C(N)=O)o1)Nc1ccc(OC)c(OCC)c1.I. The first-order valence-electron chi connectivity index (χ1n) is 8.32. The number of hydrogen-bond acceptors (Lipinski definition) is 5. The molecule has 0 aliphatic carbocycles. The van der Waals surface area contributed by atoms with Gasteiger partial charge in [-0.1, -0.05) is 0 Å². The molecule has 0 unspecified atom stereocenters. The molecule has 0 radical (unpaired) electrons. The molecule has 2 rings (SSSR count). The molecule has 4 N–H and O–H groups in total. The number of methoxy groups -OCH3 is 1. The minimum absolute atomic E-state index is 0. The van der Waals surface area contributed by atoms with E-state index in [1.165, 1.54) is 6.07 Å². The van der Waals surface area contributed by atoms with Gasteiger partial charge in [-0.3, -0.25) is 4.79 Å². The van der Waals surface area contributed by atoms with Gasteiger partial charge in [0.25, 0.3) is 5.91 Å². The lowest BCUT2D eigenvalue weighted by Crippen LogP contribution is -2.30. The molecule has 0 saturated carbocycles. The Kier molecular flexibility index (Phi) is 9.48. The molecule has 1 aromatic carbocycles. The second kappa shape index (κ2) is 11.3. The van der Waals surface area contributed by atoms with E-state index in [1.54, 1.807) is 13.2 Å². The van der Waals surface area contributed by atoms with E-state index in [9.17, 15) is 4.79 Å². The summed E-state index contributed by atoms with van der Waals surface area (Å²) < 4.78 is 16.2. The minimum atomic E-state index is -0.605. The third-order valence-electron chi connectivity index (χ3n) is 3.37. The fourth-order valence-corrected chi connectivity index (χ4v) is 2.22. The van der Waals surface area contributed by atoms with Crippen molar-refractivity contribution in [2.24, 2.45) is 10.7 Å². The number of rotatable bonds is 8. The van der Waals surface area contributed by atoms with Gasteiger partial charge in [-0.15, -0.1) is 24.0 Å². The van der Waals surface area contributed by atoms with Crippen LogP contribution in [0.3, 0.4) is 0 Å². The highest BCUT2D eigenvalue weighted by Crippen LogP contribution is 2.30. The number of benzene rings is 1. The number of primary amides is 1. The molecule has 0 atom stereocenters. The van der Waals surface area contributed by atoms with Crippen molar-refractivity contribution >= 4 is 41.5 Å². The van der Waals surface area contributed by atoms with Crippen molar-refractivity contribution in [1.29, 1.82) is 0 Å². The van der Waals surface area contributed by atoms with E-state index in [2.05, 4.69) is 15.6 Å². The summed E-state index contributed by atoms with van der Waals surface area (Å²) >= 11 is 0. The van der Waals surface area contributed by atoms with Gasteiger partial charge < -0.3 is 30.3 Å². The van der Waals surface area contributed by atoms with E-state index in [0.29, 0.717) is 36.4 Å². The van der Waals surface area contributed by atoms with Crippen molar-refractivity contribution in [2.75, 3.05) is 25.6 Å². The van der Waals surface area contributed by atoms with Crippen molar-refractivity contribution in [3.63, 3.8) is 0 Å². The molecular formula is C18H25IN4O4. The van der Waals surface area contributed by atoms with E-state index in [0.717, 1.165) is 5.69 Å². The summed E-state index contributed by atoms with van der Waals surface area (Å²) in [6, 6.07) is 8.74. The molecule has 1 amide bonds. The lowest BCUT2D eigenvalue weighted by molar-refractivity contribution is 0.0972. The van der Waals surface area contributed by atoms with Crippen LogP contribution < -0.4 is 25.8 Å². The number of halogens is 1. The summed E-state index contributed by atoms with van der Waals surface area (Å²) in [5.74, 6) is 1.93. The molecule has 8 nitrogen and oxygen atoms in total. The standard InChI is InChI=1S/C18H24N4O4.HI/c1-4-20-18(21-11-13-7-9-15(26-13)17(19)23)22-12-6-8-14(24-3)16(10-12)25-5-2;/h6-10H,4-5,11H2,1-3H3,(H2,19,23)(H2,20,21,22);1H. The molecule has 9 heteroatoms. The Bertz CT molecular complexity index is 776. The molecule has 0 aliphatic heterocycles. The maximum Gasteiger partial charge on any atom is 0.284 e. The third-order valence-corrected chi connectivity index (χ3v) is 3.37. The molecular weight excluding hydrogens is 463 g/mol. The number of anilines is 1. The van der Waals surface area contributed by atoms with Gasteiger partial charge in [-0.25, -0.2) is 4.99 Å². The van der Waals surface area contributed by atoms with E-state index in [4.69, 9.17) is 19.6 Å². The molecule has 27 heavy (non-hydrogen) atoms. The van der Waals surface area contributed by atoms with Crippen molar-refractivity contribution in [3.05, 3.63) is 41.9 Å². The van der Waals surface area contributed by atoms with Gasteiger partial charge in [0, 0.05) is 18.3 Å². The van der Waals surface area contributed by atoms with E-state index < -0.39 is 5.91 Å². The maximum atomic E-state index is 11.1. The van der Waals surface area contributed by atoms with Gasteiger partial charge in [0.15, 0.2) is 23.2 Å². The van der Waals surface area contributed by atoms with Gasteiger partial charge >= 0.3 is 0 Å². The van der Waals surface area contributed by atoms with Crippen LogP contribution in [0.4, 0.5) is 5.69 Å². The number of nitrogens with zero attached hydrogens (tertiary/aromatic N) is 1. The van der Waals surface area contributed by atoms with Crippen molar-refractivity contribution in [3.8, 4) is 11.5 Å². The van der Waals surface area contributed by atoms with Crippen molar-refractivity contribution in [2.45, 2.75) is 20.4 Å². The quantitative estimate of drug-likeness (QED) is 0.300. The summed E-state index contributed by atoms with van der Waals surface area (Å²) in [4.78, 5) is 15.5. The number of ether oxygens (including phenoxy) is 2. The number of hydrogen-bond donors (Lipinski definition) is 3. The highest BCUT2D eigenvalue weighted by molar-refractivity contribution is 14.0. The van der Waals surface area contributed by atoms with Crippen LogP contribution >= 0.6 is 24.0 Å². The second-order valence-corrected chi connectivity index (χ2v) is 5.25. The van der Waals surface area contributed by atoms with Crippen molar-refractivity contribution in [1.82, 2.24) is 5.32 Å². The Morgan fingerprint density at radius 3 is 2.59 bits per heavy atom. The van der Waals surface area contributed by atoms with Gasteiger partial charge in [-0.05, 0) is 38.1 Å². The lowest BCUT2D eigenvalue weighted by Gasteiger charge is -2.14. The molecule has 148 valence electrons. The first-order valence-corrected chi connectivity index (χ1v) is 8.32. The summed E-state index contributed by atoms with van der Waals surface area (Å²) in [5.41, 5.74) is 5.98. The largest absolute Gasteiger partial charge is 0.493 e. The van der Waals surface area contributed by atoms with Gasteiger partial charge in [0.05, 0.1) is 13.7 Å². The molecule has 0 saturated heterocycles. The number of amides is 1. The number of aliphatic imine (C=N–C) groups is 1. The Hall–Kier alpha value is -2.43. The average Bonchev–Trinajstić information content (AvgIpc) is 3.10. The molecule has 0 spiro atoms. The number of carbonyl (C=O) groups is 1. The van der Waals surface area contributed by atoms with E-state index in [1.807, 2.05) is 32.0 Å². The average molecular weight is 488 g/mol. The van der Waals surface area contributed by atoms with Crippen LogP contribution in [0.5, 0.6) is 11.5 Å². The molecule has 1 aromatic heterocycles. The first-order chi connectivity index (χ1) is 12.6. The number of nitrogens with two attached hydrogens (primary N) is 1. The van der Waals surface area contributed by atoms with Crippen LogP contribution in [0, 0.1) is 0 Å². The summed E-state index contributed by atoms with van der Waals surface area (Å²) in [6.45, 7) is 5.36. The van der Waals surface area contributed by atoms with Crippen LogP contribution in [0.15, 0.2) is 39.7 Å². The zero-order chi connectivity index (χ0) is 18.9. The molecule has 1 heterocycles. The fourth-order valence-electron chi connectivity index (χ4n) is 2.22. The van der Waals surface area contributed by atoms with Crippen LogP contribution in [0.2, 0.25) is 0 Å². The molecule has 0 bridgehead atoms. The van der Waals surface area contributed by atoms with Gasteiger partial charge in [0.2, 0.25) is 0 Å². The predicted octanol–water partition coefficient (Wildman–Crippen LogP) is 2.98. The monoisotopic (exact) mass is 488 g/mol. The second-order valence-electron chi connectivity index (χ2n) is 5.25. The van der Waals surface area contributed by atoms with E-state index in [-0.39, 0.29) is 36.3 Å². The highest BCUT2D eigenvalue weighted by Gasteiger charge is 2.09. The van der Waals surface area contributed by atoms with Gasteiger partial charge in [0.1, 0.15) is 12.3 Å². The molecule has 0 fully saturated rings. The number of nitrogens with one attached hydrogen (secondary N) is 2. The maximum absolute atomic E-state index is 11.1. The number of guanidine groups is 1. The minimum Gasteiger partial charge on any atom is -0.493 e. The number of carbonyl (C=O) groups excluding carboxylic acids is 1. The van der Waals surface area contributed by atoms with Crippen LogP contribution in [0.1, 0.15) is 30.2 Å². The number of furan rings is 1. The smallest absolute Gasteiger partial charge is 0.284 e. The Morgan fingerprint density at radius 1 is 1.22 bits per heavy atom. The Balaban J connectivity index is 0.00000364. The zero-order valence-electron chi connectivity index (χ0n) is 15.6. The fraction of sp³-hybridized carbons (Fsp3) is 0.333.